The monoisotopic (exact) mass is 225 g/mol. The van der Waals surface area contributed by atoms with Gasteiger partial charge in [0.25, 0.3) is 0 Å². The van der Waals surface area contributed by atoms with E-state index >= 15 is 0 Å². The Morgan fingerprint density at radius 2 is 1.47 bits per heavy atom. The summed E-state index contributed by atoms with van der Waals surface area (Å²) in [6, 6.07) is 19.7. The molecule has 0 fully saturated rings. The molecule has 0 spiro atoms. The van der Waals surface area contributed by atoms with Gasteiger partial charge in [-0.25, -0.2) is 0 Å². The van der Waals surface area contributed by atoms with Crippen LogP contribution in [0.15, 0.2) is 60.7 Å². The Morgan fingerprint density at radius 3 is 2.12 bits per heavy atom. The summed E-state index contributed by atoms with van der Waals surface area (Å²) in [4.78, 5) is 0. The van der Waals surface area contributed by atoms with Crippen molar-refractivity contribution >= 4 is 11.6 Å². The quantitative estimate of drug-likeness (QED) is 0.555. The van der Waals surface area contributed by atoms with Crippen LogP contribution in [0.4, 0.5) is 5.69 Å². The highest BCUT2D eigenvalue weighted by atomic mass is 15.1. The van der Waals surface area contributed by atoms with Gasteiger partial charge in [0.05, 0.1) is 0 Å². The lowest BCUT2D eigenvalue weighted by atomic mass is 10.2. The van der Waals surface area contributed by atoms with Crippen molar-refractivity contribution in [2.24, 2.45) is 0 Å². The Balaban J connectivity index is 1.83. The number of rotatable bonds is 3. The maximum absolute atomic E-state index is 7.75. The standard InChI is InChI=1S/C14H15N3/c15-14(17-13-9-5-2-6-10-13)16-11-12-7-3-1-4-8-12/h1-10H,11H2,(H3,15,16,17). The van der Waals surface area contributed by atoms with Gasteiger partial charge in [-0.2, -0.15) is 0 Å². The first-order valence-electron chi connectivity index (χ1n) is 5.53. The van der Waals surface area contributed by atoms with Crippen molar-refractivity contribution in [1.29, 1.82) is 5.41 Å². The van der Waals surface area contributed by atoms with Crippen molar-refractivity contribution in [2.45, 2.75) is 6.54 Å². The number of para-hydroxylation sites is 1. The molecule has 0 atom stereocenters. The van der Waals surface area contributed by atoms with Crippen molar-refractivity contribution in [3.63, 3.8) is 0 Å². The third kappa shape index (κ3) is 3.65. The van der Waals surface area contributed by atoms with E-state index in [9.17, 15) is 0 Å². The molecule has 0 heterocycles. The zero-order valence-corrected chi connectivity index (χ0v) is 9.48. The minimum atomic E-state index is 0.306. The molecule has 0 bridgehead atoms. The third-order valence-electron chi connectivity index (χ3n) is 2.36. The molecule has 2 aromatic rings. The van der Waals surface area contributed by atoms with Crippen LogP contribution in [0.1, 0.15) is 5.56 Å². The molecule has 86 valence electrons. The molecule has 3 nitrogen and oxygen atoms in total. The van der Waals surface area contributed by atoms with E-state index < -0.39 is 0 Å². The molecule has 0 aliphatic heterocycles. The molecule has 3 heteroatoms. The molecule has 0 saturated carbocycles. The zero-order valence-electron chi connectivity index (χ0n) is 9.48. The molecule has 0 unspecified atom stereocenters. The topological polar surface area (TPSA) is 47.9 Å². The fourth-order valence-electron chi connectivity index (χ4n) is 1.50. The van der Waals surface area contributed by atoms with Crippen molar-refractivity contribution in [2.75, 3.05) is 5.32 Å². The summed E-state index contributed by atoms with van der Waals surface area (Å²) in [5.41, 5.74) is 2.07. The van der Waals surface area contributed by atoms with Crippen LogP contribution in [0.3, 0.4) is 0 Å². The first-order valence-corrected chi connectivity index (χ1v) is 5.53. The normalized spacial score (nSPS) is 9.65. The maximum atomic E-state index is 7.75. The van der Waals surface area contributed by atoms with Crippen LogP contribution >= 0.6 is 0 Å². The van der Waals surface area contributed by atoms with Crippen LogP contribution in [0.5, 0.6) is 0 Å². The van der Waals surface area contributed by atoms with Crippen LogP contribution in [-0.4, -0.2) is 5.96 Å². The molecular formula is C14H15N3. The molecule has 0 amide bonds. The predicted molar refractivity (Wildman–Crippen MR) is 71.1 cm³/mol. The second-order valence-electron chi connectivity index (χ2n) is 3.71. The molecule has 17 heavy (non-hydrogen) atoms. The lowest BCUT2D eigenvalue weighted by Gasteiger charge is -2.10. The van der Waals surface area contributed by atoms with E-state index in [1.54, 1.807) is 0 Å². The van der Waals surface area contributed by atoms with Gasteiger partial charge in [-0.1, -0.05) is 48.5 Å². The van der Waals surface area contributed by atoms with Crippen molar-refractivity contribution in [3.8, 4) is 0 Å². The van der Waals surface area contributed by atoms with Gasteiger partial charge in [-0.15, -0.1) is 0 Å². The summed E-state index contributed by atoms with van der Waals surface area (Å²) in [6.45, 7) is 0.652. The van der Waals surface area contributed by atoms with Gasteiger partial charge < -0.3 is 10.6 Å². The van der Waals surface area contributed by atoms with Crippen LogP contribution in [0, 0.1) is 5.41 Å². The van der Waals surface area contributed by atoms with E-state index in [-0.39, 0.29) is 0 Å². The fraction of sp³-hybridized carbons (Fsp3) is 0.0714. The summed E-state index contributed by atoms with van der Waals surface area (Å²) >= 11 is 0. The second-order valence-corrected chi connectivity index (χ2v) is 3.71. The highest BCUT2D eigenvalue weighted by Crippen LogP contribution is 2.04. The average molecular weight is 225 g/mol. The summed E-state index contributed by atoms with van der Waals surface area (Å²) in [6.07, 6.45) is 0. The fourth-order valence-corrected chi connectivity index (χ4v) is 1.50. The first kappa shape index (κ1) is 11.2. The van der Waals surface area contributed by atoms with Crippen LogP contribution in [0.25, 0.3) is 0 Å². The summed E-state index contributed by atoms with van der Waals surface area (Å²) in [5, 5.41) is 13.8. The number of nitrogens with one attached hydrogen (secondary N) is 3. The van der Waals surface area contributed by atoms with Gasteiger partial charge in [-0.3, -0.25) is 5.41 Å². The Labute approximate surface area is 101 Å². The van der Waals surface area contributed by atoms with Gasteiger partial charge in [0.15, 0.2) is 5.96 Å². The first-order chi connectivity index (χ1) is 8.34. The number of benzene rings is 2. The number of anilines is 1. The van der Waals surface area contributed by atoms with Gasteiger partial charge in [-0.05, 0) is 17.7 Å². The zero-order chi connectivity index (χ0) is 11.9. The van der Waals surface area contributed by atoms with Crippen LogP contribution in [0.2, 0.25) is 0 Å². The second kappa shape index (κ2) is 5.70. The highest BCUT2D eigenvalue weighted by Gasteiger charge is 1.96. The molecule has 3 N–H and O–H groups in total. The number of hydrogen-bond acceptors (Lipinski definition) is 1. The molecule has 2 rings (SSSR count). The van der Waals surface area contributed by atoms with Crippen molar-refractivity contribution < 1.29 is 0 Å². The minimum Gasteiger partial charge on any atom is -0.352 e. The Kier molecular flexibility index (Phi) is 3.76. The smallest absolute Gasteiger partial charge is 0.193 e. The molecule has 0 radical (unpaired) electrons. The third-order valence-corrected chi connectivity index (χ3v) is 2.36. The predicted octanol–water partition coefficient (Wildman–Crippen LogP) is 2.82. The van der Waals surface area contributed by atoms with Gasteiger partial charge >= 0.3 is 0 Å². The molecular weight excluding hydrogens is 210 g/mol. The van der Waals surface area contributed by atoms with Crippen LogP contribution in [-0.2, 0) is 6.54 Å². The van der Waals surface area contributed by atoms with E-state index in [1.165, 1.54) is 0 Å². The van der Waals surface area contributed by atoms with E-state index in [0.717, 1.165) is 11.3 Å². The minimum absolute atomic E-state index is 0.306. The highest BCUT2D eigenvalue weighted by molar-refractivity contribution is 5.90. The summed E-state index contributed by atoms with van der Waals surface area (Å²) < 4.78 is 0. The Hall–Kier alpha value is -2.29. The summed E-state index contributed by atoms with van der Waals surface area (Å²) in [7, 11) is 0. The van der Waals surface area contributed by atoms with E-state index in [0.29, 0.717) is 12.5 Å². The lowest BCUT2D eigenvalue weighted by Crippen LogP contribution is -2.28. The van der Waals surface area contributed by atoms with E-state index in [2.05, 4.69) is 10.6 Å². The van der Waals surface area contributed by atoms with Gasteiger partial charge in [0, 0.05) is 12.2 Å². The van der Waals surface area contributed by atoms with Gasteiger partial charge in [0.2, 0.25) is 0 Å². The lowest BCUT2D eigenvalue weighted by molar-refractivity contribution is 0.904. The molecule has 2 aromatic carbocycles. The van der Waals surface area contributed by atoms with E-state index in [4.69, 9.17) is 5.41 Å². The average Bonchev–Trinajstić information content (AvgIpc) is 2.39. The molecule has 0 aromatic heterocycles. The van der Waals surface area contributed by atoms with Crippen LogP contribution < -0.4 is 10.6 Å². The van der Waals surface area contributed by atoms with E-state index in [1.807, 2.05) is 60.7 Å². The number of guanidine groups is 1. The molecule has 0 aliphatic rings. The SMILES string of the molecule is N=C(NCc1ccccc1)Nc1ccccc1. The van der Waals surface area contributed by atoms with Crippen molar-refractivity contribution in [3.05, 3.63) is 66.2 Å². The number of hydrogen-bond donors (Lipinski definition) is 3. The van der Waals surface area contributed by atoms with Gasteiger partial charge in [0.1, 0.15) is 0 Å². The summed E-state index contributed by atoms with van der Waals surface area (Å²) in [5.74, 6) is 0.306. The largest absolute Gasteiger partial charge is 0.352 e. The van der Waals surface area contributed by atoms with Crippen molar-refractivity contribution in [1.82, 2.24) is 5.32 Å². The molecule has 0 aliphatic carbocycles. The maximum Gasteiger partial charge on any atom is 0.193 e. The molecule has 0 saturated heterocycles. The Morgan fingerprint density at radius 1 is 0.882 bits per heavy atom. The Bertz CT molecular complexity index is 465.